The number of hydrogen-bond donors (Lipinski definition) is 2. The number of hydrogen-bond acceptors (Lipinski definition) is 5. The molecule has 0 atom stereocenters. The molecule has 8 heteroatoms. The molecule has 24 heavy (non-hydrogen) atoms. The number of anilines is 1. The number of aryl methyl sites for hydroxylation is 1. The van der Waals surface area contributed by atoms with Crippen LogP contribution in [0.4, 0.5) is 5.69 Å². The summed E-state index contributed by atoms with van der Waals surface area (Å²) in [7, 11) is -3.59. The van der Waals surface area contributed by atoms with Crippen LogP contribution in [0, 0.1) is 6.92 Å². The van der Waals surface area contributed by atoms with E-state index in [4.69, 9.17) is 0 Å². The predicted molar refractivity (Wildman–Crippen MR) is 91.3 cm³/mol. The molecule has 0 saturated carbocycles. The molecule has 0 aliphatic heterocycles. The van der Waals surface area contributed by atoms with Gasteiger partial charge in [-0.25, -0.2) is 18.1 Å². The number of unbranched alkanes of at least 4 members (excludes halogenated alkanes) is 1. The van der Waals surface area contributed by atoms with Crippen molar-refractivity contribution in [3.05, 3.63) is 48.0 Å². The largest absolute Gasteiger partial charge is 0.321 e. The second kappa shape index (κ2) is 7.98. The molecule has 1 amide bonds. The Kier molecular flexibility index (Phi) is 5.99. The highest BCUT2D eigenvalue weighted by molar-refractivity contribution is 7.89. The Morgan fingerprint density at radius 1 is 1.21 bits per heavy atom. The Bertz CT molecular complexity index is 804. The summed E-state index contributed by atoms with van der Waals surface area (Å²) >= 11 is 0. The lowest BCUT2D eigenvalue weighted by molar-refractivity contribution is 0.102. The van der Waals surface area contributed by atoms with E-state index in [9.17, 15) is 13.2 Å². The molecular weight excluding hydrogens is 328 g/mol. The molecule has 1 aromatic heterocycles. The molecule has 2 N–H and O–H groups in total. The van der Waals surface area contributed by atoms with E-state index in [0.717, 1.165) is 12.8 Å². The maximum absolute atomic E-state index is 12.2. The lowest BCUT2D eigenvalue weighted by Gasteiger charge is -2.09. The fraction of sp³-hybridized carbons (Fsp3) is 0.312. The van der Waals surface area contributed by atoms with Crippen molar-refractivity contribution in [1.29, 1.82) is 0 Å². The van der Waals surface area contributed by atoms with Crippen molar-refractivity contribution in [1.82, 2.24) is 14.7 Å². The number of carbonyl (C=O) groups excluding carboxylic acids is 1. The number of carbonyl (C=O) groups is 1. The Labute approximate surface area is 141 Å². The van der Waals surface area contributed by atoms with Gasteiger partial charge in [0.05, 0.1) is 16.8 Å². The van der Waals surface area contributed by atoms with E-state index in [-0.39, 0.29) is 10.6 Å². The van der Waals surface area contributed by atoms with Gasteiger partial charge in [0.25, 0.3) is 5.91 Å². The lowest BCUT2D eigenvalue weighted by Crippen LogP contribution is -2.25. The maximum Gasteiger partial charge on any atom is 0.275 e. The molecule has 0 spiro atoms. The van der Waals surface area contributed by atoms with Gasteiger partial charge in [-0.05, 0) is 31.5 Å². The van der Waals surface area contributed by atoms with Crippen LogP contribution in [0.1, 0.15) is 35.9 Å². The lowest BCUT2D eigenvalue weighted by atomic mass is 10.3. The third kappa shape index (κ3) is 4.84. The zero-order chi connectivity index (χ0) is 17.6. The van der Waals surface area contributed by atoms with E-state index in [1.165, 1.54) is 24.5 Å². The summed E-state index contributed by atoms with van der Waals surface area (Å²) in [5, 5.41) is 2.62. The van der Waals surface area contributed by atoms with Crippen molar-refractivity contribution >= 4 is 21.6 Å². The van der Waals surface area contributed by atoms with Crippen molar-refractivity contribution in [2.45, 2.75) is 31.6 Å². The van der Waals surface area contributed by atoms with Gasteiger partial charge < -0.3 is 5.32 Å². The van der Waals surface area contributed by atoms with Crippen molar-refractivity contribution in [2.24, 2.45) is 0 Å². The van der Waals surface area contributed by atoms with E-state index >= 15 is 0 Å². The Balaban J connectivity index is 2.12. The minimum atomic E-state index is -3.59. The molecule has 0 aliphatic carbocycles. The molecule has 2 aromatic rings. The molecule has 7 nitrogen and oxygen atoms in total. The average molecular weight is 348 g/mol. The molecule has 0 unspecified atom stereocenters. The SMILES string of the molecule is CCCCNS(=O)(=O)c1cccc(NC(=O)c2cnc(C)cn2)c1. The summed E-state index contributed by atoms with van der Waals surface area (Å²) in [4.78, 5) is 20.2. The summed E-state index contributed by atoms with van der Waals surface area (Å²) < 4.78 is 26.9. The third-order valence-electron chi connectivity index (χ3n) is 3.24. The van der Waals surface area contributed by atoms with Crippen LogP contribution >= 0.6 is 0 Å². The fourth-order valence-corrected chi connectivity index (χ4v) is 3.03. The Morgan fingerprint density at radius 3 is 2.67 bits per heavy atom. The summed E-state index contributed by atoms with van der Waals surface area (Å²) in [6.07, 6.45) is 4.53. The normalized spacial score (nSPS) is 11.2. The fourth-order valence-electron chi connectivity index (χ4n) is 1.91. The average Bonchev–Trinajstić information content (AvgIpc) is 2.56. The first-order chi connectivity index (χ1) is 11.4. The van der Waals surface area contributed by atoms with E-state index in [1.807, 2.05) is 6.92 Å². The van der Waals surface area contributed by atoms with E-state index in [1.54, 1.807) is 19.1 Å². The van der Waals surface area contributed by atoms with Gasteiger partial charge in [-0.1, -0.05) is 19.4 Å². The Morgan fingerprint density at radius 2 is 2.00 bits per heavy atom. The second-order valence-electron chi connectivity index (χ2n) is 5.28. The van der Waals surface area contributed by atoms with Crippen LogP contribution in [0.2, 0.25) is 0 Å². The number of rotatable bonds is 7. The highest BCUT2D eigenvalue weighted by atomic mass is 32.2. The molecule has 0 saturated heterocycles. The highest BCUT2D eigenvalue weighted by Crippen LogP contribution is 2.16. The van der Waals surface area contributed by atoms with Crippen LogP contribution in [0.3, 0.4) is 0 Å². The van der Waals surface area contributed by atoms with Gasteiger partial charge in [-0.3, -0.25) is 9.78 Å². The first kappa shape index (κ1) is 18.0. The first-order valence-corrected chi connectivity index (χ1v) is 9.10. The molecule has 1 heterocycles. The second-order valence-corrected chi connectivity index (χ2v) is 7.04. The summed E-state index contributed by atoms with van der Waals surface area (Å²) in [5.74, 6) is -0.448. The smallest absolute Gasteiger partial charge is 0.275 e. The summed E-state index contributed by atoms with van der Waals surface area (Å²) in [6.45, 7) is 4.14. The number of sulfonamides is 1. The van der Waals surface area contributed by atoms with Crippen molar-refractivity contribution in [2.75, 3.05) is 11.9 Å². The molecule has 0 aliphatic rings. The molecule has 0 fully saturated rings. The van der Waals surface area contributed by atoms with Gasteiger partial charge in [-0.2, -0.15) is 0 Å². The first-order valence-electron chi connectivity index (χ1n) is 7.62. The zero-order valence-electron chi connectivity index (χ0n) is 13.6. The topological polar surface area (TPSA) is 101 Å². The van der Waals surface area contributed by atoms with Gasteiger partial charge in [-0.15, -0.1) is 0 Å². The van der Waals surface area contributed by atoms with E-state index in [2.05, 4.69) is 20.0 Å². The van der Waals surface area contributed by atoms with Crippen molar-refractivity contribution < 1.29 is 13.2 Å². The summed E-state index contributed by atoms with van der Waals surface area (Å²) in [6, 6.07) is 6.08. The molecule has 2 rings (SSSR count). The van der Waals surface area contributed by atoms with Gasteiger partial charge in [0.2, 0.25) is 10.0 Å². The van der Waals surface area contributed by atoms with Gasteiger partial charge in [0, 0.05) is 18.4 Å². The van der Waals surface area contributed by atoms with Crippen LogP contribution in [0.5, 0.6) is 0 Å². The summed E-state index contributed by atoms with van der Waals surface area (Å²) in [5.41, 5.74) is 1.24. The molecule has 128 valence electrons. The van der Waals surface area contributed by atoms with Crippen molar-refractivity contribution in [3.63, 3.8) is 0 Å². The molecule has 1 aromatic carbocycles. The molecular formula is C16H20N4O3S. The van der Waals surface area contributed by atoms with Crippen LogP contribution in [0.25, 0.3) is 0 Å². The van der Waals surface area contributed by atoms with E-state index in [0.29, 0.717) is 17.9 Å². The van der Waals surface area contributed by atoms with Gasteiger partial charge in [0.1, 0.15) is 5.69 Å². The predicted octanol–water partition coefficient (Wildman–Crippen LogP) is 2.12. The molecule has 0 bridgehead atoms. The third-order valence-corrected chi connectivity index (χ3v) is 4.70. The highest BCUT2D eigenvalue weighted by Gasteiger charge is 2.15. The van der Waals surface area contributed by atoms with Gasteiger partial charge in [0.15, 0.2) is 0 Å². The number of benzene rings is 1. The molecule has 0 radical (unpaired) electrons. The minimum Gasteiger partial charge on any atom is -0.321 e. The van der Waals surface area contributed by atoms with Crippen LogP contribution in [-0.4, -0.2) is 30.8 Å². The Hall–Kier alpha value is -2.32. The van der Waals surface area contributed by atoms with Gasteiger partial charge >= 0.3 is 0 Å². The quantitative estimate of drug-likeness (QED) is 0.746. The monoisotopic (exact) mass is 348 g/mol. The minimum absolute atomic E-state index is 0.103. The standard InChI is InChI=1S/C16H20N4O3S/c1-3-4-8-19-24(22,23)14-7-5-6-13(9-14)20-16(21)15-11-17-12(2)10-18-15/h5-7,9-11,19H,3-4,8H2,1-2H3,(H,20,21). The number of amides is 1. The maximum atomic E-state index is 12.2. The van der Waals surface area contributed by atoms with Crippen LogP contribution in [-0.2, 0) is 10.0 Å². The van der Waals surface area contributed by atoms with Crippen LogP contribution < -0.4 is 10.0 Å². The number of aromatic nitrogens is 2. The zero-order valence-corrected chi connectivity index (χ0v) is 14.4. The number of nitrogens with zero attached hydrogens (tertiary/aromatic N) is 2. The van der Waals surface area contributed by atoms with Crippen LogP contribution in [0.15, 0.2) is 41.6 Å². The van der Waals surface area contributed by atoms with Crippen molar-refractivity contribution in [3.8, 4) is 0 Å². The number of nitrogens with one attached hydrogen (secondary N) is 2. The van der Waals surface area contributed by atoms with E-state index < -0.39 is 15.9 Å².